The zero-order valence-electron chi connectivity index (χ0n) is 15.0. The summed E-state index contributed by atoms with van der Waals surface area (Å²) in [6, 6.07) is 15.0. The zero-order valence-corrected chi connectivity index (χ0v) is 17.3. The Morgan fingerprint density at radius 1 is 1.15 bits per heavy atom. The first kappa shape index (κ1) is 19.5. The second kappa shape index (κ2) is 8.59. The Morgan fingerprint density at radius 2 is 1.81 bits per heavy atom. The van der Waals surface area contributed by atoms with Crippen molar-refractivity contribution in [1.82, 2.24) is 9.78 Å². The van der Waals surface area contributed by atoms with E-state index in [0.29, 0.717) is 23.0 Å². The van der Waals surface area contributed by atoms with Crippen LogP contribution >= 0.6 is 27.5 Å². The minimum atomic E-state index is -0.227. The molecule has 0 fully saturated rings. The quantitative estimate of drug-likeness (QED) is 0.578. The van der Waals surface area contributed by atoms with E-state index in [1.54, 1.807) is 12.1 Å². The van der Waals surface area contributed by atoms with E-state index in [4.69, 9.17) is 16.3 Å². The summed E-state index contributed by atoms with van der Waals surface area (Å²) in [6.07, 6.45) is 0. The first-order valence-electron chi connectivity index (χ1n) is 8.39. The van der Waals surface area contributed by atoms with Crippen LogP contribution in [0, 0.1) is 13.8 Å². The third-order valence-electron chi connectivity index (χ3n) is 4.08. The van der Waals surface area contributed by atoms with Gasteiger partial charge in [0.15, 0.2) is 6.61 Å². The first-order chi connectivity index (χ1) is 12.9. The lowest BCUT2D eigenvalue weighted by molar-refractivity contribution is -0.118. The smallest absolute Gasteiger partial charge is 0.262 e. The number of ether oxygens (including phenoxy) is 1. The number of anilines is 1. The molecule has 0 aliphatic heterocycles. The van der Waals surface area contributed by atoms with Crippen LogP contribution < -0.4 is 10.1 Å². The number of halogens is 2. The first-order valence-corrected chi connectivity index (χ1v) is 9.56. The van der Waals surface area contributed by atoms with Gasteiger partial charge in [0.2, 0.25) is 0 Å². The largest absolute Gasteiger partial charge is 0.484 e. The van der Waals surface area contributed by atoms with Crippen molar-refractivity contribution in [1.29, 1.82) is 0 Å². The number of nitrogens with one attached hydrogen (secondary N) is 1. The number of carbonyl (C=O) groups is 1. The number of aromatic nitrogens is 2. The maximum Gasteiger partial charge on any atom is 0.262 e. The van der Waals surface area contributed by atoms with E-state index in [9.17, 15) is 4.79 Å². The van der Waals surface area contributed by atoms with Gasteiger partial charge in [0.05, 0.1) is 23.6 Å². The summed E-state index contributed by atoms with van der Waals surface area (Å²) in [5.74, 6) is 0.412. The van der Waals surface area contributed by atoms with E-state index in [1.807, 2.05) is 54.9 Å². The molecule has 1 aromatic heterocycles. The van der Waals surface area contributed by atoms with Crippen LogP contribution in [0.25, 0.3) is 0 Å². The molecular weight excluding hydrogens is 430 g/mol. The standard InChI is InChI=1S/C20H19BrClN3O2/c1-13-20(23-19(26)12-27-18-9-5-16(21)6-10-18)14(2)25(24-13)11-15-3-7-17(22)8-4-15/h3-10H,11-12H2,1-2H3,(H,23,26). The van der Waals surface area contributed by atoms with Gasteiger partial charge in [-0.15, -0.1) is 0 Å². The van der Waals surface area contributed by atoms with Crippen molar-refractivity contribution in [2.75, 3.05) is 11.9 Å². The lowest BCUT2D eigenvalue weighted by Crippen LogP contribution is -2.21. The van der Waals surface area contributed by atoms with Crippen LogP contribution in [0.15, 0.2) is 53.0 Å². The number of carbonyl (C=O) groups excluding carboxylic acids is 1. The summed E-state index contributed by atoms with van der Waals surface area (Å²) in [5.41, 5.74) is 3.45. The van der Waals surface area contributed by atoms with Crippen LogP contribution in [0.5, 0.6) is 5.75 Å². The number of nitrogens with zero attached hydrogens (tertiary/aromatic N) is 2. The summed E-state index contributed by atoms with van der Waals surface area (Å²) < 4.78 is 8.34. The van der Waals surface area contributed by atoms with Gasteiger partial charge in [0, 0.05) is 9.50 Å². The monoisotopic (exact) mass is 447 g/mol. The Morgan fingerprint density at radius 3 is 2.48 bits per heavy atom. The van der Waals surface area contributed by atoms with E-state index >= 15 is 0 Å². The van der Waals surface area contributed by atoms with Crippen molar-refractivity contribution in [2.24, 2.45) is 0 Å². The van der Waals surface area contributed by atoms with Crippen LogP contribution in [-0.2, 0) is 11.3 Å². The Hall–Kier alpha value is -2.31. The lowest BCUT2D eigenvalue weighted by atomic mass is 10.2. The van der Waals surface area contributed by atoms with Gasteiger partial charge in [-0.2, -0.15) is 5.10 Å². The van der Waals surface area contributed by atoms with Crippen LogP contribution in [0.1, 0.15) is 17.0 Å². The highest BCUT2D eigenvalue weighted by Gasteiger charge is 2.15. The van der Waals surface area contributed by atoms with Crippen molar-refractivity contribution < 1.29 is 9.53 Å². The molecule has 0 unspecified atom stereocenters. The molecular formula is C20H19BrClN3O2. The second-order valence-electron chi connectivity index (χ2n) is 6.12. The predicted molar refractivity (Wildman–Crippen MR) is 111 cm³/mol. The third kappa shape index (κ3) is 5.11. The molecule has 140 valence electrons. The minimum Gasteiger partial charge on any atom is -0.484 e. The Kier molecular flexibility index (Phi) is 6.19. The molecule has 0 saturated heterocycles. The van der Waals surface area contributed by atoms with E-state index in [0.717, 1.165) is 21.4 Å². The van der Waals surface area contributed by atoms with Gasteiger partial charge in [0.1, 0.15) is 5.75 Å². The molecule has 0 aliphatic rings. The number of benzene rings is 2. The average molecular weight is 449 g/mol. The molecule has 0 saturated carbocycles. The zero-order chi connectivity index (χ0) is 19.4. The van der Waals surface area contributed by atoms with Gasteiger partial charge in [0.25, 0.3) is 5.91 Å². The lowest BCUT2D eigenvalue weighted by Gasteiger charge is -2.09. The molecule has 0 spiro atoms. The topological polar surface area (TPSA) is 56.2 Å². The number of rotatable bonds is 6. The summed E-state index contributed by atoms with van der Waals surface area (Å²) in [6.45, 7) is 4.34. The van der Waals surface area contributed by atoms with Gasteiger partial charge in [-0.05, 0) is 55.8 Å². The fraction of sp³-hybridized carbons (Fsp3) is 0.200. The SMILES string of the molecule is Cc1nn(Cc2ccc(Cl)cc2)c(C)c1NC(=O)COc1ccc(Br)cc1. The van der Waals surface area contributed by atoms with Gasteiger partial charge in [-0.25, -0.2) is 0 Å². The van der Waals surface area contributed by atoms with Gasteiger partial charge in [-0.1, -0.05) is 39.7 Å². The van der Waals surface area contributed by atoms with Crippen molar-refractivity contribution >= 4 is 39.1 Å². The molecule has 0 radical (unpaired) electrons. The van der Waals surface area contributed by atoms with Crippen molar-refractivity contribution in [3.05, 3.63) is 75.0 Å². The van der Waals surface area contributed by atoms with Crippen LogP contribution in [0.2, 0.25) is 5.02 Å². The number of aryl methyl sites for hydroxylation is 1. The van der Waals surface area contributed by atoms with Gasteiger partial charge >= 0.3 is 0 Å². The van der Waals surface area contributed by atoms with E-state index in [-0.39, 0.29) is 12.5 Å². The van der Waals surface area contributed by atoms with E-state index in [1.165, 1.54) is 0 Å². The predicted octanol–water partition coefficient (Wildman–Crippen LogP) is 4.98. The van der Waals surface area contributed by atoms with Gasteiger partial charge < -0.3 is 10.1 Å². The van der Waals surface area contributed by atoms with Gasteiger partial charge in [-0.3, -0.25) is 9.48 Å². The molecule has 3 rings (SSSR count). The van der Waals surface area contributed by atoms with Crippen LogP contribution in [0.4, 0.5) is 5.69 Å². The van der Waals surface area contributed by atoms with E-state index < -0.39 is 0 Å². The molecule has 0 atom stereocenters. The van der Waals surface area contributed by atoms with Crippen molar-refractivity contribution in [3.63, 3.8) is 0 Å². The highest BCUT2D eigenvalue weighted by Crippen LogP contribution is 2.21. The minimum absolute atomic E-state index is 0.0666. The van der Waals surface area contributed by atoms with Crippen LogP contribution in [-0.4, -0.2) is 22.3 Å². The number of amides is 1. The fourth-order valence-corrected chi connectivity index (χ4v) is 3.04. The third-order valence-corrected chi connectivity index (χ3v) is 4.86. The second-order valence-corrected chi connectivity index (χ2v) is 7.47. The summed E-state index contributed by atoms with van der Waals surface area (Å²) in [4.78, 5) is 12.3. The molecule has 2 aromatic carbocycles. The molecule has 27 heavy (non-hydrogen) atoms. The summed E-state index contributed by atoms with van der Waals surface area (Å²) >= 11 is 9.29. The normalized spacial score (nSPS) is 10.7. The Labute approximate surface area is 171 Å². The Balaban J connectivity index is 1.64. The Bertz CT molecular complexity index is 937. The molecule has 0 aliphatic carbocycles. The van der Waals surface area contributed by atoms with Crippen molar-refractivity contribution in [3.8, 4) is 5.75 Å². The molecule has 5 nitrogen and oxygen atoms in total. The highest BCUT2D eigenvalue weighted by atomic mass is 79.9. The molecule has 1 amide bonds. The molecule has 3 aromatic rings. The molecule has 1 N–H and O–H groups in total. The number of hydrogen-bond acceptors (Lipinski definition) is 3. The summed E-state index contributed by atoms with van der Waals surface area (Å²) in [7, 11) is 0. The van der Waals surface area contributed by atoms with Crippen molar-refractivity contribution in [2.45, 2.75) is 20.4 Å². The number of hydrogen-bond donors (Lipinski definition) is 1. The maximum absolute atomic E-state index is 12.3. The molecule has 7 heteroatoms. The maximum atomic E-state index is 12.3. The fourth-order valence-electron chi connectivity index (χ4n) is 2.65. The average Bonchev–Trinajstić information content (AvgIpc) is 2.90. The van der Waals surface area contributed by atoms with E-state index in [2.05, 4.69) is 26.3 Å². The summed E-state index contributed by atoms with van der Waals surface area (Å²) in [5, 5.41) is 8.13. The molecule has 1 heterocycles. The molecule has 0 bridgehead atoms. The van der Waals surface area contributed by atoms with Crippen LogP contribution in [0.3, 0.4) is 0 Å². The highest BCUT2D eigenvalue weighted by molar-refractivity contribution is 9.10.